The molecule has 0 atom stereocenters. The predicted octanol–water partition coefficient (Wildman–Crippen LogP) is 1.33. The van der Waals surface area contributed by atoms with Gasteiger partial charge in [-0.25, -0.2) is 9.37 Å². The Balaban J connectivity index is 2.18. The van der Waals surface area contributed by atoms with Gasteiger partial charge in [-0.15, -0.1) is 0 Å². The van der Waals surface area contributed by atoms with Gasteiger partial charge >= 0.3 is 0 Å². The van der Waals surface area contributed by atoms with Gasteiger partial charge in [-0.1, -0.05) is 20.8 Å². The molecule has 0 aromatic carbocycles. The van der Waals surface area contributed by atoms with Gasteiger partial charge in [0.05, 0.1) is 0 Å². The van der Waals surface area contributed by atoms with Crippen LogP contribution in [0.5, 0.6) is 0 Å². The highest BCUT2D eigenvalue weighted by Crippen LogP contribution is 2.27. The Morgan fingerprint density at radius 2 is 2.05 bits per heavy atom. The van der Waals surface area contributed by atoms with E-state index < -0.39 is 5.67 Å². The third kappa shape index (κ3) is 3.00. The van der Waals surface area contributed by atoms with Gasteiger partial charge in [-0.2, -0.15) is 0 Å². The summed E-state index contributed by atoms with van der Waals surface area (Å²) in [4.78, 5) is 21.1. The minimum Gasteiger partial charge on any atom is -0.352 e. The van der Waals surface area contributed by atoms with E-state index in [4.69, 9.17) is 5.73 Å². The van der Waals surface area contributed by atoms with E-state index >= 15 is 0 Å². The van der Waals surface area contributed by atoms with Crippen molar-refractivity contribution in [3.05, 3.63) is 22.2 Å². The molecule has 0 spiro atoms. The van der Waals surface area contributed by atoms with Crippen LogP contribution in [0.2, 0.25) is 0 Å². The van der Waals surface area contributed by atoms with Crippen LogP contribution in [0, 0.1) is 0 Å². The molecule has 1 saturated heterocycles. The average Bonchev–Trinajstić information content (AvgIpc) is 2.39. The lowest BCUT2D eigenvalue weighted by atomic mass is 9.92. The summed E-state index contributed by atoms with van der Waals surface area (Å²) in [5, 5.41) is 0. The fraction of sp³-hybridized carbons (Fsp3) is 0.714. The fourth-order valence-electron chi connectivity index (χ4n) is 2.32. The SMILES string of the molecule is CC(C)(C)c1cnc(N2CCC(F)(CN)CC2)c(=O)[nH]1. The van der Waals surface area contributed by atoms with Crippen LogP contribution in [0.15, 0.2) is 11.0 Å². The first kappa shape index (κ1) is 15.0. The van der Waals surface area contributed by atoms with Crippen molar-refractivity contribution in [2.45, 2.75) is 44.7 Å². The number of hydrogen-bond donors (Lipinski definition) is 2. The summed E-state index contributed by atoms with van der Waals surface area (Å²) in [6.45, 7) is 7.02. The first-order chi connectivity index (χ1) is 9.25. The first-order valence-corrected chi connectivity index (χ1v) is 6.99. The number of aromatic nitrogens is 2. The van der Waals surface area contributed by atoms with Gasteiger partial charge in [-0.05, 0) is 0 Å². The summed E-state index contributed by atoms with van der Waals surface area (Å²) in [5.41, 5.74) is 4.58. The van der Waals surface area contributed by atoms with Crippen LogP contribution in [-0.4, -0.2) is 35.3 Å². The number of nitrogens with two attached hydrogens (primary N) is 1. The second-order valence-electron chi connectivity index (χ2n) is 6.54. The highest BCUT2D eigenvalue weighted by atomic mass is 19.1. The number of alkyl halides is 1. The molecule has 20 heavy (non-hydrogen) atoms. The molecule has 5 nitrogen and oxygen atoms in total. The molecule has 6 heteroatoms. The van der Waals surface area contributed by atoms with Crippen molar-refractivity contribution in [3.63, 3.8) is 0 Å². The number of anilines is 1. The monoisotopic (exact) mass is 282 g/mol. The normalized spacial score (nSPS) is 19.1. The molecule has 1 aromatic heterocycles. The molecule has 1 aromatic rings. The molecular formula is C14H23FN4O. The molecule has 3 N–H and O–H groups in total. The van der Waals surface area contributed by atoms with Crippen molar-refractivity contribution in [3.8, 4) is 0 Å². The van der Waals surface area contributed by atoms with Crippen molar-refractivity contribution in [2.24, 2.45) is 5.73 Å². The second-order valence-corrected chi connectivity index (χ2v) is 6.54. The van der Waals surface area contributed by atoms with E-state index in [-0.39, 0.29) is 17.5 Å². The zero-order chi connectivity index (χ0) is 15.0. The standard InChI is InChI=1S/C14H23FN4O/c1-13(2,3)10-8-17-11(12(20)18-10)19-6-4-14(15,9-16)5-7-19/h8H,4-7,9,16H2,1-3H3,(H,18,20). The van der Waals surface area contributed by atoms with E-state index in [1.807, 2.05) is 25.7 Å². The molecule has 2 heterocycles. The highest BCUT2D eigenvalue weighted by Gasteiger charge is 2.34. The van der Waals surface area contributed by atoms with Crippen molar-refractivity contribution >= 4 is 5.82 Å². The van der Waals surface area contributed by atoms with Crippen molar-refractivity contribution in [1.29, 1.82) is 0 Å². The second kappa shape index (κ2) is 5.16. The summed E-state index contributed by atoms with van der Waals surface area (Å²) >= 11 is 0. The van der Waals surface area contributed by atoms with E-state index in [1.54, 1.807) is 6.20 Å². The summed E-state index contributed by atoms with van der Waals surface area (Å²) < 4.78 is 14.1. The Bertz CT molecular complexity index is 527. The van der Waals surface area contributed by atoms with Crippen LogP contribution in [0.4, 0.5) is 10.2 Å². The molecule has 2 rings (SSSR count). The number of aromatic amines is 1. The van der Waals surface area contributed by atoms with Crippen LogP contribution in [-0.2, 0) is 5.41 Å². The zero-order valence-corrected chi connectivity index (χ0v) is 12.4. The lowest BCUT2D eigenvalue weighted by Crippen LogP contribution is -2.47. The molecule has 1 fully saturated rings. The van der Waals surface area contributed by atoms with Crippen LogP contribution in [0.3, 0.4) is 0 Å². The molecule has 1 aliphatic rings. The minimum atomic E-state index is -1.30. The lowest BCUT2D eigenvalue weighted by Gasteiger charge is -2.35. The lowest BCUT2D eigenvalue weighted by molar-refractivity contribution is 0.135. The Labute approximate surface area is 118 Å². The Morgan fingerprint density at radius 3 is 2.50 bits per heavy atom. The molecule has 0 bridgehead atoms. The number of rotatable bonds is 2. The van der Waals surface area contributed by atoms with Crippen molar-refractivity contribution in [2.75, 3.05) is 24.5 Å². The van der Waals surface area contributed by atoms with E-state index in [9.17, 15) is 9.18 Å². The maximum atomic E-state index is 14.1. The molecule has 0 aliphatic carbocycles. The van der Waals surface area contributed by atoms with E-state index in [1.165, 1.54) is 0 Å². The summed E-state index contributed by atoms with van der Waals surface area (Å²) in [5.74, 6) is 0.372. The van der Waals surface area contributed by atoms with Gasteiger partial charge in [0, 0.05) is 49.8 Å². The topological polar surface area (TPSA) is 75.0 Å². The molecule has 112 valence electrons. The van der Waals surface area contributed by atoms with Crippen LogP contribution in [0.1, 0.15) is 39.3 Å². The number of nitrogens with one attached hydrogen (secondary N) is 1. The van der Waals surface area contributed by atoms with Gasteiger partial charge in [0.2, 0.25) is 0 Å². The number of piperidine rings is 1. The van der Waals surface area contributed by atoms with Gasteiger partial charge in [-0.3, -0.25) is 4.79 Å². The maximum Gasteiger partial charge on any atom is 0.291 e. The van der Waals surface area contributed by atoms with Crippen molar-refractivity contribution < 1.29 is 4.39 Å². The minimum absolute atomic E-state index is 0.0353. The van der Waals surface area contributed by atoms with Gasteiger partial charge in [0.25, 0.3) is 5.56 Å². The largest absolute Gasteiger partial charge is 0.352 e. The number of hydrogen-bond acceptors (Lipinski definition) is 4. The number of H-pyrrole nitrogens is 1. The average molecular weight is 282 g/mol. The molecule has 0 saturated carbocycles. The van der Waals surface area contributed by atoms with E-state index in [2.05, 4.69) is 9.97 Å². The summed E-state index contributed by atoms with van der Waals surface area (Å²) in [7, 11) is 0. The molecule has 1 aliphatic heterocycles. The van der Waals surface area contributed by atoms with Crippen LogP contribution < -0.4 is 16.2 Å². The third-order valence-electron chi connectivity index (χ3n) is 3.90. The number of halogens is 1. The third-order valence-corrected chi connectivity index (χ3v) is 3.90. The molecular weight excluding hydrogens is 259 g/mol. The van der Waals surface area contributed by atoms with Gasteiger partial charge in [0.15, 0.2) is 5.82 Å². The van der Waals surface area contributed by atoms with E-state index in [0.717, 1.165) is 5.69 Å². The predicted molar refractivity (Wildman–Crippen MR) is 77.9 cm³/mol. The van der Waals surface area contributed by atoms with Crippen LogP contribution >= 0.6 is 0 Å². The smallest absolute Gasteiger partial charge is 0.291 e. The molecule has 0 radical (unpaired) electrons. The first-order valence-electron chi connectivity index (χ1n) is 6.99. The fourth-order valence-corrected chi connectivity index (χ4v) is 2.32. The maximum absolute atomic E-state index is 14.1. The van der Waals surface area contributed by atoms with E-state index in [0.29, 0.717) is 31.7 Å². The van der Waals surface area contributed by atoms with Crippen LogP contribution in [0.25, 0.3) is 0 Å². The summed E-state index contributed by atoms with van der Waals surface area (Å²) in [6, 6.07) is 0. The van der Waals surface area contributed by atoms with Crippen molar-refractivity contribution in [1.82, 2.24) is 9.97 Å². The zero-order valence-electron chi connectivity index (χ0n) is 12.4. The molecule has 0 amide bonds. The molecule has 0 unspecified atom stereocenters. The number of nitrogens with zero attached hydrogens (tertiary/aromatic N) is 2. The highest BCUT2D eigenvalue weighted by molar-refractivity contribution is 5.37. The van der Waals surface area contributed by atoms with Gasteiger partial charge < -0.3 is 15.6 Å². The van der Waals surface area contributed by atoms with Gasteiger partial charge in [0.1, 0.15) is 5.67 Å². The Morgan fingerprint density at radius 1 is 1.45 bits per heavy atom. The Hall–Kier alpha value is -1.43. The quantitative estimate of drug-likeness (QED) is 0.858. The summed E-state index contributed by atoms with van der Waals surface area (Å²) in [6.07, 6.45) is 2.37. The Kier molecular flexibility index (Phi) is 3.86.